The van der Waals surface area contributed by atoms with Gasteiger partial charge in [-0.3, -0.25) is 15.6 Å². The highest BCUT2D eigenvalue weighted by atomic mass is 19.1. The van der Waals surface area contributed by atoms with Gasteiger partial charge in [0, 0.05) is 11.9 Å². The largest absolute Gasteiger partial charge is 0.323 e. The molecule has 0 spiro atoms. The van der Waals surface area contributed by atoms with Crippen molar-refractivity contribution in [2.24, 2.45) is 5.84 Å². The fraction of sp³-hybridized carbons (Fsp3) is 0.0769. The minimum atomic E-state index is -0.502. The molecule has 0 atom stereocenters. The van der Waals surface area contributed by atoms with Crippen LogP contribution >= 0.6 is 0 Å². The van der Waals surface area contributed by atoms with Crippen molar-refractivity contribution in [3.8, 4) is 0 Å². The van der Waals surface area contributed by atoms with Crippen LogP contribution in [0.3, 0.4) is 0 Å². The zero-order chi connectivity index (χ0) is 13.8. The van der Waals surface area contributed by atoms with E-state index in [-0.39, 0.29) is 11.3 Å². The Morgan fingerprint density at radius 2 is 2.05 bits per heavy atom. The normalized spacial score (nSPS) is 10.1. The number of nitrogen functional groups attached to an aromatic ring is 1. The number of nitrogens with one attached hydrogen (secondary N) is 2. The molecule has 2 aromatic rings. The molecule has 0 saturated heterocycles. The van der Waals surface area contributed by atoms with E-state index in [1.54, 1.807) is 25.1 Å². The molecular formula is C13H13FN4O. The van der Waals surface area contributed by atoms with Gasteiger partial charge in [-0.1, -0.05) is 12.1 Å². The van der Waals surface area contributed by atoms with Crippen molar-refractivity contribution < 1.29 is 9.18 Å². The Morgan fingerprint density at radius 3 is 2.74 bits per heavy atom. The average molecular weight is 260 g/mol. The van der Waals surface area contributed by atoms with Gasteiger partial charge in [0.25, 0.3) is 5.91 Å². The molecule has 0 saturated carbocycles. The monoisotopic (exact) mass is 260 g/mol. The number of halogens is 1. The first-order valence-corrected chi connectivity index (χ1v) is 5.61. The van der Waals surface area contributed by atoms with Crippen molar-refractivity contribution in [3.05, 3.63) is 53.6 Å². The number of aryl methyl sites for hydroxylation is 1. The number of para-hydroxylation sites is 1. The van der Waals surface area contributed by atoms with Crippen LogP contribution in [0.2, 0.25) is 0 Å². The van der Waals surface area contributed by atoms with E-state index in [1.807, 2.05) is 0 Å². The lowest BCUT2D eigenvalue weighted by atomic mass is 10.2. The summed E-state index contributed by atoms with van der Waals surface area (Å²) < 4.78 is 13.4. The van der Waals surface area contributed by atoms with Crippen molar-refractivity contribution in [2.45, 2.75) is 6.92 Å². The number of carbonyl (C=O) groups excluding carboxylic acids is 1. The summed E-state index contributed by atoms with van der Waals surface area (Å²) in [4.78, 5) is 16.1. The number of nitrogens with zero attached hydrogens (tertiary/aromatic N) is 1. The van der Waals surface area contributed by atoms with E-state index in [0.29, 0.717) is 5.69 Å². The maximum atomic E-state index is 13.4. The molecule has 6 heteroatoms. The fourth-order valence-electron chi connectivity index (χ4n) is 1.61. The third-order valence-electron chi connectivity index (χ3n) is 2.56. The second-order valence-corrected chi connectivity index (χ2v) is 3.95. The zero-order valence-electron chi connectivity index (χ0n) is 10.3. The number of hydrogen-bond donors (Lipinski definition) is 3. The molecule has 1 amide bonds. The standard InChI is InChI=1S/C13H13FN4O/c1-8-6-12(18-15)9(7-16-8)13(19)17-11-5-3-2-4-10(11)14/h2-7H,15H2,1H3,(H,16,18)(H,17,19). The maximum Gasteiger partial charge on any atom is 0.259 e. The number of nitrogens with two attached hydrogens (primary N) is 1. The van der Waals surface area contributed by atoms with Crippen LogP contribution in [0.4, 0.5) is 15.8 Å². The van der Waals surface area contributed by atoms with Gasteiger partial charge >= 0.3 is 0 Å². The number of amides is 1. The maximum absolute atomic E-state index is 13.4. The van der Waals surface area contributed by atoms with Crippen molar-refractivity contribution in [2.75, 3.05) is 10.7 Å². The van der Waals surface area contributed by atoms with E-state index in [2.05, 4.69) is 15.7 Å². The summed E-state index contributed by atoms with van der Waals surface area (Å²) in [6.45, 7) is 1.78. The predicted octanol–water partition coefficient (Wildman–Crippen LogP) is 2.07. The third-order valence-corrected chi connectivity index (χ3v) is 2.56. The Hall–Kier alpha value is -2.47. The SMILES string of the molecule is Cc1cc(NN)c(C(=O)Nc2ccccc2F)cn1. The van der Waals surface area contributed by atoms with Crippen molar-refractivity contribution >= 4 is 17.3 Å². The number of rotatable bonds is 3. The molecule has 98 valence electrons. The molecule has 1 aromatic heterocycles. The number of carbonyl (C=O) groups is 1. The Labute approximate surface area is 109 Å². The van der Waals surface area contributed by atoms with Gasteiger partial charge in [0.2, 0.25) is 0 Å². The van der Waals surface area contributed by atoms with Crippen molar-refractivity contribution in [3.63, 3.8) is 0 Å². The first-order valence-electron chi connectivity index (χ1n) is 5.61. The van der Waals surface area contributed by atoms with E-state index >= 15 is 0 Å². The molecule has 0 aliphatic rings. The number of pyridine rings is 1. The molecule has 19 heavy (non-hydrogen) atoms. The van der Waals surface area contributed by atoms with Crippen LogP contribution in [-0.2, 0) is 0 Å². The van der Waals surface area contributed by atoms with Crippen molar-refractivity contribution in [1.29, 1.82) is 0 Å². The number of aromatic nitrogens is 1. The smallest absolute Gasteiger partial charge is 0.259 e. The molecule has 4 N–H and O–H groups in total. The van der Waals surface area contributed by atoms with Gasteiger partial charge < -0.3 is 10.7 Å². The van der Waals surface area contributed by atoms with Gasteiger partial charge in [0.1, 0.15) is 5.82 Å². The Kier molecular flexibility index (Phi) is 3.72. The predicted molar refractivity (Wildman–Crippen MR) is 71.1 cm³/mol. The number of benzene rings is 1. The second-order valence-electron chi connectivity index (χ2n) is 3.95. The number of hydrogen-bond acceptors (Lipinski definition) is 4. The van der Waals surface area contributed by atoms with Gasteiger partial charge in [0.15, 0.2) is 0 Å². The van der Waals surface area contributed by atoms with Crippen LogP contribution in [0.5, 0.6) is 0 Å². The molecule has 1 aromatic carbocycles. The van der Waals surface area contributed by atoms with Crippen LogP contribution in [-0.4, -0.2) is 10.9 Å². The Morgan fingerprint density at radius 1 is 1.32 bits per heavy atom. The van der Waals surface area contributed by atoms with E-state index in [4.69, 9.17) is 5.84 Å². The van der Waals surface area contributed by atoms with Crippen LogP contribution < -0.4 is 16.6 Å². The van der Waals surface area contributed by atoms with Gasteiger partial charge in [-0.15, -0.1) is 0 Å². The summed E-state index contributed by atoms with van der Waals surface area (Å²) in [7, 11) is 0. The number of anilines is 2. The molecule has 0 fully saturated rings. The lowest BCUT2D eigenvalue weighted by molar-refractivity contribution is 0.102. The van der Waals surface area contributed by atoms with E-state index in [9.17, 15) is 9.18 Å². The van der Waals surface area contributed by atoms with Gasteiger partial charge in [-0.2, -0.15) is 0 Å². The molecule has 2 rings (SSSR count). The van der Waals surface area contributed by atoms with E-state index in [0.717, 1.165) is 5.69 Å². The minimum absolute atomic E-state index is 0.107. The lowest BCUT2D eigenvalue weighted by Crippen LogP contribution is -2.18. The highest BCUT2D eigenvalue weighted by molar-refractivity contribution is 6.07. The molecule has 0 radical (unpaired) electrons. The van der Waals surface area contributed by atoms with Crippen LogP contribution in [0.15, 0.2) is 36.5 Å². The van der Waals surface area contributed by atoms with Crippen LogP contribution in [0, 0.1) is 12.7 Å². The van der Waals surface area contributed by atoms with E-state index in [1.165, 1.54) is 18.3 Å². The molecule has 5 nitrogen and oxygen atoms in total. The first-order chi connectivity index (χ1) is 9.11. The van der Waals surface area contributed by atoms with Gasteiger partial charge in [0.05, 0.1) is 16.9 Å². The summed E-state index contributed by atoms with van der Waals surface area (Å²) in [5.74, 6) is 4.37. The first kappa shape index (κ1) is 13.0. The van der Waals surface area contributed by atoms with E-state index < -0.39 is 11.7 Å². The zero-order valence-corrected chi connectivity index (χ0v) is 10.3. The molecule has 0 unspecified atom stereocenters. The summed E-state index contributed by atoms with van der Waals surface area (Å²) in [5.41, 5.74) is 3.93. The topological polar surface area (TPSA) is 80.0 Å². The van der Waals surface area contributed by atoms with Crippen LogP contribution in [0.25, 0.3) is 0 Å². The quantitative estimate of drug-likeness (QED) is 0.583. The second kappa shape index (κ2) is 5.45. The molecule has 0 aliphatic heterocycles. The molecule has 1 heterocycles. The molecular weight excluding hydrogens is 247 g/mol. The Bertz CT molecular complexity index is 615. The summed E-state index contributed by atoms with van der Waals surface area (Å²) in [5, 5.41) is 2.47. The number of hydrazine groups is 1. The summed E-state index contributed by atoms with van der Waals surface area (Å²) in [6.07, 6.45) is 1.39. The van der Waals surface area contributed by atoms with Crippen LogP contribution in [0.1, 0.15) is 16.1 Å². The van der Waals surface area contributed by atoms with Crippen molar-refractivity contribution in [1.82, 2.24) is 4.98 Å². The van der Waals surface area contributed by atoms with Gasteiger partial charge in [-0.25, -0.2) is 4.39 Å². The summed E-state index contributed by atoms with van der Waals surface area (Å²) in [6, 6.07) is 7.56. The summed E-state index contributed by atoms with van der Waals surface area (Å²) >= 11 is 0. The fourth-order valence-corrected chi connectivity index (χ4v) is 1.61. The molecule has 0 aliphatic carbocycles. The van der Waals surface area contributed by atoms with Gasteiger partial charge in [-0.05, 0) is 25.1 Å². The Balaban J connectivity index is 2.28. The highest BCUT2D eigenvalue weighted by Crippen LogP contribution is 2.18. The molecule has 0 bridgehead atoms. The minimum Gasteiger partial charge on any atom is -0.323 e. The third kappa shape index (κ3) is 2.86. The lowest BCUT2D eigenvalue weighted by Gasteiger charge is -2.10. The highest BCUT2D eigenvalue weighted by Gasteiger charge is 2.13. The average Bonchev–Trinajstić information content (AvgIpc) is 2.41.